The molecule has 6 heteroatoms. The minimum Gasteiger partial charge on any atom is -0.258 e. The average molecular weight is 338 g/mol. The highest BCUT2D eigenvalue weighted by Crippen LogP contribution is 2.27. The third-order valence-electron chi connectivity index (χ3n) is 3.41. The van der Waals surface area contributed by atoms with E-state index >= 15 is 0 Å². The SMILES string of the molecule is CCc1c(C)nn(-c2ccc(CBr)cc2[N+](=O)[O-])c1C. The molecule has 2 rings (SSSR count). The van der Waals surface area contributed by atoms with Crippen LogP contribution in [0.1, 0.15) is 29.4 Å². The van der Waals surface area contributed by atoms with E-state index < -0.39 is 0 Å². The molecule has 20 heavy (non-hydrogen) atoms. The van der Waals surface area contributed by atoms with Gasteiger partial charge in [0.15, 0.2) is 0 Å². The first-order chi connectivity index (χ1) is 9.49. The summed E-state index contributed by atoms with van der Waals surface area (Å²) in [6.45, 7) is 5.94. The van der Waals surface area contributed by atoms with E-state index in [9.17, 15) is 10.1 Å². The second-order valence-corrected chi connectivity index (χ2v) is 5.19. The Morgan fingerprint density at radius 2 is 2.10 bits per heavy atom. The molecule has 0 aliphatic carbocycles. The summed E-state index contributed by atoms with van der Waals surface area (Å²) < 4.78 is 1.67. The molecule has 0 fully saturated rings. The van der Waals surface area contributed by atoms with E-state index in [4.69, 9.17) is 0 Å². The van der Waals surface area contributed by atoms with Crippen molar-refractivity contribution in [3.05, 3.63) is 50.8 Å². The quantitative estimate of drug-likeness (QED) is 0.483. The average Bonchev–Trinajstić information content (AvgIpc) is 2.72. The van der Waals surface area contributed by atoms with E-state index in [1.54, 1.807) is 16.8 Å². The van der Waals surface area contributed by atoms with Crippen LogP contribution >= 0.6 is 15.9 Å². The van der Waals surface area contributed by atoms with Gasteiger partial charge in [-0.3, -0.25) is 10.1 Å². The number of nitro groups is 1. The highest BCUT2D eigenvalue weighted by atomic mass is 79.9. The van der Waals surface area contributed by atoms with Crippen LogP contribution in [-0.4, -0.2) is 14.7 Å². The predicted octanol–water partition coefficient (Wildman–Crippen LogP) is 3.85. The second-order valence-electron chi connectivity index (χ2n) is 4.63. The fourth-order valence-electron chi connectivity index (χ4n) is 2.40. The number of hydrogen-bond donors (Lipinski definition) is 0. The van der Waals surface area contributed by atoms with Gasteiger partial charge in [0, 0.05) is 17.1 Å². The predicted molar refractivity (Wildman–Crippen MR) is 81.7 cm³/mol. The Balaban J connectivity index is 2.66. The summed E-state index contributed by atoms with van der Waals surface area (Å²) in [5.74, 6) is 0. The molecule has 0 unspecified atom stereocenters. The van der Waals surface area contributed by atoms with Gasteiger partial charge < -0.3 is 0 Å². The smallest absolute Gasteiger partial charge is 0.258 e. The summed E-state index contributed by atoms with van der Waals surface area (Å²) in [5.41, 5.74) is 4.49. The molecule has 0 N–H and O–H groups in total. The molecule has 0 aliphatic heterocycles. The third-order valence-corrected chi connectivity index (χ3v) is 4.06. The molecule has 0 amide bonds. The zero-order chi connectivity index (χ0) is 14.9. The number of nitro benzene ring substituents is 1. The monoisotopic (exact) mass is 337 g/mol. The first-order valence-electron chi connectivity index (χ1n) is 6.38. The van der Waals surface area contributed by atoms with Crippen LogP contribution in [-0.2, 0) is 11.8 Å². The minimum absolute atomic E-state index is 0.0789. The number of nitrogens with zero attached hydrogens (tertiary/aromatic N) is 3. The first kappa shape index (κ1) is 14.7. The van der Waals surface area contributed by atoms with Crippen LogP contribution in [0.15, 0.2) is 18.2 Å². The van der Waals surface area contributed by atoms with Crippen LogP contribution in [0.4, 0.5) is 5.69 Å². The number of halogens is 1. The zero-order valence-electron chi connectivity index (χ0n) is 11.7. The van der Waals surface area contributed by atoms with E-state index in [1.165, 1.54) is 0 Å². The fraction of sp³-hybridized carbons (Fsp3) is 0.357. The molecular weight excluding hydrogens is 322 g/mol. The van der Waals surface area contributed by atoms with Gasteiger partial charge in [0.1, 0.15) is 5.69 Å². The van der Waals surface area contributed by atoms with Crippen molar-refractivity contribution in [3.8, 4) is 5.69 Å². The van der Waals surface area contributed by atoms with E-state index in [2.05, 4.69) is 28.0 Å². The van der Waals surface area contributed by atoms with Gasteiger partial charge in [0.25, 0.3) is 5.69 Å². The zero-order valence-corrected chi connectivity index (χ0v) is 13.3. The Bertz CT molecular complexity index is 665. The highest BCUT2D eigenvalue weighted by Gasteiger charge is 2.20. The molecule has 1 heterocycles. The van der Waals surface area contributed by atoms with Crippen molar-refractivity contribution in [1.82, 2.24) is 9.78 Å². The molecule has 0 saturated carbocycles. The van der Waals surface area contributed by atoms with Gasteiger partial charge in [0.2, 0.25) is 0 Å². The van der Waals surface area contributed by atoms with Gasteiger partial charge in [-0.1, -0.05) is 28.9 Å². The lowest BCUT2D eigenvalue weighted by Gasteiger charge is -2.07. The second kappa shape index (κ2) is 5.75. The Labute approximate surface area is 125 Å². The maximum atomic E-state index is 11.3. The minimum atomic E-state index is -0.358. The lowest BCUT2D eigenvalue weighted by atomic mass is 10.1. The lowest BCUT2D eigenvalue weighted by molar-refractivity contribution is -0.384. The first-order valence-corrected chi connectivity index (χ1v) is 7.50. The highest BCUT2D eigenvalue weighted by molar-refractivity contribution is 9.08. The van der Waals surface area contributed by atoms with Crippen LogP contribution in [0.2, 0.25) is 0 Å². The van der Waals surface area contributed by atoms with Crippen molar-refractivity contribution in [2.24, 2.45) is 0 Å². The normalized spacial score (nSPS) is 10.8. The molecule has 2 aromatic rings. The Morgan fingerprint density at radius 3 is 2.60 bits per heavy atom. The van der Waals surface area contributed by atoms with Gasteiger partial charge in [-0.05, 0) is 37.5 Å². The maximum absolute atomic E-state index is 11.3. The van der Waals surface area contributed by atoms with Gasteiger partial charge in [-0.2, -0.15) is 5.10 Å². The van der Waals surface area contributed by atoms with Crippen molar-refractivity contribution in [1.29, 1.82) is 0 Å². The summed E-state index contributed by atoms with van der Waals surface area (Å²) in [5, 5.41) is 16.3. The van der Waals surface area contributed by atoms with Crippen molar-refractivity contribution >= 4 is 21.6 Å². The van der Waals surface area contributed by atoms with Crippen molar-refractivity contribution in [2.75, 3.05) is 0 Å². The molecular formula is C14H16BrN3O2. The number of benzene rings is 1. The topological polar surface area (TPSA) is 61.0 Å². The molecule has 1 aromatic heterocycles. The van der Waals surface area contributed by atoms with Gasteiger partial charge >= 0.3 is 0 Å². The lowest BCUT2D eigenvalue weighted by Crippen LogP contribution is -2.04. The van der Waals surface area contributed by atoms with Crippen molar-refractivity contribution < 1.29 is 4.92 Å². The van der Waals surface area contributed by atoms with Crippen molar-refractivity contribution in [2.45, 2.75) is 32.5 Å². The molecule has 5 nitrogen and oxygen atoms in total. The molecule has 0 saturated heterocycles. The Kier molecular flexibility index (Phi) is 4.23. The summed E-state index contributed by atoms with van der Waals surface area (Å²) >= 11 is 3.32. The van der Waals surface area contributed by atoms with Gasteiger partial charge in [-0.25, -0.2) is 4.68 Å². The fourth-order valence-corrected chi connectivity index (χ4v) is 2.75. The van der Waals surface area contributed by atoms with E-state index in [-0.39, 0.29) is 10.6 Å². The number of aromatic nitrogens is 2. The van der Waals surface area contributed by atoms with E-state index in [0.717, 1.165) is 28.9 Å². The number of hydrogen-bond acceptors (Lipinski definition) is 3. The van der Waals surface area contributed by atoms with Gasteiger partial charge in [-0.15, -0.1) is 0 Å². The number of alkyl halides is 1. The Hall–Kier alpha value is -1.69. The van der Waals surface area contributed by atoms with Crippen LogP contribution < -0.4 is 0 Å². The number of aryl methyl sites for hydroxylation is 1. The van der Waals surface area contributed by atoms with E-state index in [0.29, 0.717) is 11.0 Å². The standard InChI is InChI=1S/C14H16BrN3O2/c1-4-12-9(2)16-17(10(12)3)13-6-5-11(8-15)7-14(13)18(19)20/h5-7H,4,8H2,1-3H3. The molecule has 0 radical (unpaired) electrons. The summed E-state index contributed by atoms with van der Waals surface area (Å²) in [7, 11) is 0. The van der Waals surface area contributed by atoms with Crippen LogP contribution in [0, 0.1) is 24.0 Å². The molecule has 106 valence electrons. The van der Waals surface area contributed by atoms with Crippen molar-refractivity contribution in [3.63, 3.8) is 0 Å². The van der Waals surface area contributed by atoms with Crippen LogP contribution in [0.25, 0.3) is 5.69 Å². The molecule has 0 aliphatic rings. The third kappa shape index (κ3) is 2.47. The van der Waals surface area contributed by atoms with Gasteiger partial charge in [0.05, 0.1) is 10.6 Å². The summed E-state index contributed by atoms with van der Waals surface area (Å²) in [4.78, 5) is 10.9. The molecule has 0 atom stereocenters. The van der Waals surface area contributed by atoms with Crippen LogP contribution in [0.3, 0.4) is 0 Å². The van der Waals surface area contributed by atoms with E-state index in [1.807, 2.05) is 19.9 Å². The summed E-state index contributed by atoms with van der Waals surface area (Å²) in [6.07, 6.45) is 0.866. The number of rotatable bonds is 4. The van der Waals surface area contributed by atoms with Crippen LogP contribution in [0.5, 0.6) is 0 Å². The maximum Gasteiger partial charge on any atom is 0.295 e. The Morgan fingerprint density at radius 1 is 1.40 bits per heavy atom. The molecule has 0 bridgehead atoms. The summed E-state index contributed by atoms with van der Waals surface area (Å²) in [6, 6.07) is 5.22. The molecule has 1 aromatic carbocycles. The largest absolute Gasteiger partial charge is 0.295 e. The molecule has 0 spiro atoms.